The van der Waals surface area contributed by atoms with Crippen molar-refractivity contribution >= 4 is 69.8 Å². The van der Waals surface area contributed by atoms with Gasteiger partial charge in [-0.3, -0.25) is 0 Å². The average Bonchev–Trinajstić information content (AvgIpc) is 3.73. The predicted molar refractivity (Wildman–Crippen MR) is 275 cm³/mol. The Bertz CT molecular complexity index is 2990. The number of aromatic nitrogens is 1. The molecule has 4 aliphatic heterocycles. The number of hydrogen-bond acceptors (Lipinski definition) is 2. The molecule has 63 heavy (non-hydrogen) atoms. The molecule has 1 aromatic heterocycles. The van der Waals surface area contributed by atoms with E-state index in [1.165, 1.54) is 92.3 Å². The Hall–Kier alpha value is -4.22. The van der Waals surface area contributed by atoms with Crippen LogP contribution in [0.2, 0.25) is 19.6 Å². The molecular weight excluding hydrogens is 778 g/mol. The number of fused-ring (bicyclic) bond motifs is 13. The van der Waals surface area contributed by atoms with E-state index in [4.69, 9.17) is 0 Å². The highest BCUT2D eigenvalue weighted by atomic mass is 28.3. The Labute approximate surface area is 379 Å². The van der Waals surface area contributed by atoms with Gasteiger partial charge in [0.25, 0.3) is 0 Å². The summed E-state index contributed by atoms with van der Waals surface area (Å²) in [6.07, 6.45) is 15.9. The summed E-state index contributed by atoms with van der Waals surface area (Å²) in [5, 5.41) is 4.40. The largest absolute Gasteiger partial charge is 0.335 e. The summed E-state index contributed by atoms with van der Waals surface area (Å²) in [6.45, 7) is 35.2. The Morgan fingerprint density at radius 2 is 1.38 bits per heavy atom. The van der Waals surface area contributed by atoms with Crippen LogP contribution in [0.15, 0.2) is 95.6 Å². The van der Waals surface area contributed by atoms with Gasteiger partial charge in [0.05, 0.1) is 24.7 Å². The van der Waals surface area contributed by atoms with E-state index in [-0.39, 0.29) is 39.5 Å². The molecule has 5 aromatic rings. The predicted octanol–water partition coefficient (Wildman–Crippen LogP) is 13.3. The quantitative estimate of drug-likeness (QED) is 0.130. The van der Waals surface area contributed by atoms with Gasteiger partial charge in [0.2, 0.25) is 6.71 Å². The molecule has 0 bridgehead atoms. The molecule has 1 saturated heterocycles. The van der Waals surface area contributed by atoms with Gasteiger partial charge in [0.15, 0.2) is 0 Å². The van der Waals surface area contributed by atoms with Crippen LogP contribution in [0.4, 0.5) is 17.1 Å². The molecule has 0 amide bonds. The third-order valence-corrected chi connectivity index (χ3v) is 20.9. The van der Waals surface area contributed by atoms with E-state index < -0.39 is 8.07 Å². The molecule has 5 heteroatoms. The van der Waals surface area contributed by atoms with Crippen LogP contribution in [-0.2, 0) is 16.2 Å². The minimum Gasteiger partial charge on any atom is -0.335 e. The van der Waals surface area contributed by atoms with Crippen molar-refractivity contribution < 1.29 is 0 Å². The molecular formula is C58H70BN3Si. The van der Waals surface area contributed by atoms with E-state index in [1.807, 2.05) is 0 Å². The van der Waals surface area contributed by atoms with Gasteiger partial charge in [-0.15, -0.1) is 0 Å². The molecule has 2 fully saturated rings. The monoisotopic (exact) mass is 848 g/mol. The summed E-state index contributed by atoms with van der Waals surface area (Å²) in [7, 11) is -1.55. The van der Waals surface area contributed by atoms with Crippen molar-refractivity contribution in [2.45, 2.75) is 168 Å². The summed E-state index contributed by atoms with van der Waals surface area (Å²) >= 11 is 0. The minimum absolute atomic E-state index is 0.00494. The summed E-state index contributed by atoms with van der Waals surface area (Å²) in [5.74, 6) is 0.446. The van der Waals surface area contributed by atoms with Crippen LogP contribution in [0, 0.1) is 11.3 Å². The average molecular weight is 848 g/mol. The number of benzene rings is 4. The van der Waals surface area contributed by atoms with Crippen molar-refractivity contribution in [2.75, 3.05) is 9.80 Å². The summed E-state index contributed by atoms with van der Waals surface area (Å²) < 4.78 is 2.76. The highest BCUT2D eigenvalue weighted by Gasteiger charge is 2.64. The van der Waals surface area contributed by atoms with Gasteiger partial charge in [-0.2, -0.15) is 0 Å². The van der Waals surface area contributed by atoms with Crippen molar-refractivity contribution in [1.29, 1.82) is 0 Å². The maximum absolute atomic E-state index is 2.96. The second kappa shape index (κ2) is 12.2. The van der Waals surface area contributed by atoms with E-state index in [1.54, 1.807) is 27.5 Å². The lowest BCUT2D eigenvalue weighted by Crippen LogP contribution is -2.60. The van der Waals surface area contributed by atoms with E-state index in [0.717, 1.165) is 19.3 Å². The molecule has 1 saturated carbocycles. The first-order chi connectivity index (χ1) is 29.5. The lowest BCUT2D eigenvalue weighted by atomic mass is 9.31. The van der Waals surface area contributed by atoms with E-state index >= 15 is 0 Å². The van der Waals surface area contributed by atoms with Crippen LogP contribution in [-0.4, -0.2) is 30.4 Å². The van der Waals surface area contributed by atoms with Gasteiger partial charge >= 0.3 is 0 Å². The third-order valence-electron chi connectivity index (χ3n) is 18.8. The van der Waals surface area contributed by atoms with E-state index in [2.05, 4.69) is 189 Å². The molecule has 3 nitrogen and oxygen atoms in total. The molecule has 5 heterocycles. The first-order valence-corrected chi connectivity index (χ1v) is 28.2. The number of hydrogen-bond donors (Lipinski definition) is 0. The van der Waals surface area contributed by atoms with E-state index in [9.17, 15) is 0 Å². The minimum atomic E-state index is -1.55. The van der Waals surface area contributed by atoms with Crippen LogP contribution in [0.5, 0.6) is 0 Å². The molecule has 5 atom stereocenters. The Morgan fingerprint density at radius 3 is 2.11 bits per heavy atom. The molecule has 5 unspecified atom stereocenters. The van der Waals surface area contributed by atoms with Gasteiger partial charge < -0.3 is 14.4 Å². The van der Waals surface area contributed by atoms with Crippen molar-refractivity contribution in [3.05, 3.63) is 112 Å². The fourth-order valence-electron chi connectivity index (χ4n) is 14.5. The van der Waals surface area contributed by atoms with E-state index in [0.29, 0.717) is 5.92 Å². The maximum Gasteiger partial charge on any atom is 0.247 e. The smallest absolute Gasteiger partial charge is 0.247 e. The number of nitrogens with zero attached hydrogens (tertiary/aromatic N) is 3. The summed E-state index contributed by atoms with van der Waals surface area (Å²) in [4.78, 5) is 5.85. The third kappa shape index (κ3) is 4.84. The fraction of sp³-hybridized carbons (Fsp3) is 0.483. The molecule has 0 radical (unpaired) electrons. The molecule has 324 valence electrons. The zero-order valence-electron chi connectivity index (χ0n) is 41.0. The van der Waals surface area contributed by atoms with Gasteiger partial charge in [-0.25, -0.2) is 0 Å². The van der Waals surface area contributed by atoms with Crippen LogP contribution < -0.4 is 25.9 Å². The van der Waals surface area contributed by atoms with Gasteiger partial charge in [0.1, 0.15) is 0 Å². The number of rotatable bonds is 2. The SMILES string of the molecule is CC1CC=C2C3=C1B1c4c(cc(N5c6ccc([Si](C)(C)C)cc6C6(C)CCCCC56C)cc4-n4c5ccc(C(C)(C)C)cc5c5cc(C(C)(C)C)cc1c54)N3C1(C)CC=CCC21C. The maximum atomic E-state index is 2.96. The van der Waals surface area contributed by atoms with Gasteiger partial charge in [0, 0.05) is 55.6 Å². The molecule has 12 rings (SSSR count). The molecule has 0 spiro atoms. The van der Waals surface area contributed by atoms with Crippen LogP contribution >= 0.6 is 0 Å². The molecule has 4 aromatic carbocycles. The Kier molecular flexibility index (Phi) is 7.78. The van der Waals surface area contributed by atoms with Gasteiger partial charge in [-0.05, 0) is 132 Å². The number of allylic oxidation sites excluding steroid dienone is 4. The Balaban J connectivity index is 1.25. The van der Waals surface area contributed by atoms with Gasteiger partial charge in [-0.1, -0.05) is 148 Å². The van der Waals surface area contributed by atoms with Crippen molar-refractivity contribution in [3.8, 4) is 5.69 Å². The topological polar surface area (TPSA) is 11.4 Å². The van der Waals surface area contributed by atoms with Crippen LogP contribution in [0.25, 0.3) is 27.5 Å². The lowest BCUT2D eigenvalue weighted by Gasteiger charge is -2.52. The zero-order valence-corrected chi connectivity index (χ0v) is 42.0. The van der Waals surface area contributed by atoms with Crippen LogP contribution in [0.1, 0.15) is 138 Å². The first-order valence-electron chi connectivity index (χ1n) is 24.7. The zero-order chi connectivity index (χ0) is 44.3. The normalized spacial score (nSPS) is 29.3. The highest BCUT2D eigenvalue weighted by Crippen LogP contribution is 2.66. The second-order valence-electron chi connectivity index (χ2n) is 25.4. The summed E-state index contributed by atoms with van der Waals surface area (Å²) in [6, 6.07) is 25.9. The standard InChI is InChI=1S/C58H70BN3Si/c1-35-19-22-42-52-49(35)59-44-31-37(54(5,6)7)30-41-40-29-36(53(2,3)4)20-23-45(40)60(51(41)44)47-32-38(33-48(50(47)59)62(52)58(11)28-18-15-25-55(42,58)8)61-46-24-21-39(63(12,13)14)34-43(46)56(9)26-16-17-27-57(56,61)10/h15,18,20-24,29-35H,16-17,19,25-28H2,1-14H3. The lowest BCUT2D eigenvalue weighted by molar-refractivity contribution is 0.195. The van der Waals surface area contributed by atoms with Crippen molar-refractivity contribution in [2.24, 2.45) is 11.3 Å². The highest BCUT2D eigenvalue weighted by molar-refractivity contribution is 6.95. The molecule has 0 N–H and O–H groups in total. The number of anilines is 3. The first kappa shape index (κ1) is 40.3. The molecule has 7 aliphatic rings. The fourth-order valence-corrected chi connectivity index (χ4v) is 15.7. The Morgan fingerprint density at radius 1 is 0.683 bits per heavy atom. The van der Waals surface area contributed by atoms with Crippen molar-refractivity contribution in [3.63, 3.8) is 0 Å². The second-order valence-corrected chi connectivity index (χ2v) is 30.4. The van der Waals surface area contributed by atoms with Crippen molar-refractivity contribution in [1.82, 2.24) is 4.57 Å². The summed E-state index contributed by atoms with van der Waals surface area (Å²) in [5.41, 5.74) is 20.8. The molecule has 3 aliphatic carbocycles. The van der Waals surface area contributed by atoms with Crippen LogP contribution in [0.3, 0.4) is 0 Å².